The SMILES string of the molecule is Clc1cccc(Nc2ncnc3ccccc23)c1Cl. The Labute approximate surface area is 120 Å². The average Bonchev–Trinajstić information content (AvgIpc) is 2.44. The molecule has 3 aromatic rings. The number of benzene rings is 2. The molecule has 0 saturated heterocycles. The number of fused-ring (bicyclic) bond motifs is 1. The Morgan fingerprint density at radius 2 is 1.74 bits per heavy atom. The minimum Gasteiger partial charge on any atom is -0.338 e. The number of nitrogens with zero attached hydrogens (tertiary/aromatic N) is 2. The monoisotopic (exact) mass is 289 g/mol. The fourth-order valence-electron chi connectivity index (χ4n) is 1.83. The molecule has 0 unspecified atom stereocenters. The van der Waals surface area contributed by atoms with Gasteiger partial charge in [-0.25, -0.2) is 9.97 Å². The summed E-state index contributed by atoms with van der Waals surface area (Å²) in [6.45, 7) is 0. The smallest absolute Gasteiger partial charge is 0.141 e. The van der Waals surface area contributed by atoms with E-state index in [4.69, 9.17) is 23.2 Å². The number of anilines is 2. The van der Waals surface area contributed by atoms with Crippen molar-refractivity contribution in [1.29, 1.82) is 0 Å². The zero-order valence-electron chi connectivity index (χ0n) is 9.77. The summed E-state index contributed by atoms with van der Waals surface area (Å²) in [6.07, 6.45) is 1.52. The minimum atomic E-state index is 0.479. The molecule has 2 aromatic carbocycles. The van der Waals surface area contributed by atoms with E-state index in [9.17, 15) is 0 Å². The highest BCUT2D eigenvalue weighted by Crippen LogP contribution is 2.32. The number of para-hydroxylation sites is 1. The van der Waals surface area contributed by atoms with E-state index in [2.05, 4.69) is 15.3 Å². The van der Waals surface area contributed by atoms with Crippen LogP contribution in [0.2, 0.25) is 10.0 Å². The third kappa shape index (κ3) is 2.35. The van der Waals surface area contributed by atoms with E-state index in [1.807, 2.05) is 36.4 Å². The molecule has 19 heavy (non-hydrogen) atoms. The highest BCUT2D eigenvalue weighted by molar-refractivity contribution is 6.43. The second kappa shape index (κ2) is 5.03. The molecule has 0 saturated carbocycles. The molecule has 5 heteroatoms. The summed E-state index contributed by atoms with van der Waals surface area (Å²) in [5.74, 6) is 0.703. The highest BCUT2D eigenvalue weighted by atomic mass is 35.5. The van der Waals surface area contributed by atoms with Crippen LogP contribution in [0.3, 0.4) is 0 Å². The molecule has 1 N–H and O–H groups in total. The Hall–Kier alpha value is -1.84. The van der Waals surface area contributed by atoms with Crippen LogP contribution in [-0.2, 0) is 0 Å². The van der Waals surface area contributed by atoms with Crippen molar-refractivity contribution in [1.82, 2.24) is 9.97 Å². The topological polar surface area (TPSA) is 37.8 Å². The normalized spacial score (nSPS) is 10.6. The molecule has 0 aliphatic heterocycles. The van der Waals surface area contributed by atoms with Crippen LogP contribution in [-0.4, -0.2) is 9.97 Å². The molecule has 0 radical (unpaired) electrons. The van der Waals surface area contributed by atoms with E-state index in [0.717, 1.165) is 16.6 Å². The number of aromatic nitrogens is 2. The van der Waals surface area contributed by atoms with Crippen LogP contribution in [0.4, 0.5) is 11.5 Å². The predicted molar refractivity (Wildman–Crippen MR) is 79.3 cm³/mol. The molecule has 0 spiro atoms. The lowest BCUT2D eigenvalue weighted by molar-refractivity contribution is 1.22. The van der Waals surface area contributed by atoms with Crippen LogP contribution in [0.5, 0.6) is 0 Å². The van der Waals surface area contributed by atoms with Gasteiger partial charge < -0.3 is 5.32 Å². The molecule has 0 fully saturated rings. The van der Waals surface area contributed by atoms with Crippen LogP contribution < -0.4 is 5.32 Å². The van der Waals surface area contributed by atoms with Gasteiger partial charge in [-0.05, 0) is 24.3 Å². The Bertz CT molecular complexity index is 738. The summed E-state index contributed by atoms with van der Waals surface area (Å²) in [7, 11) is 0. The molecule has 1 heterocycles. The Morgan fingerprint density at radius 3 is 2.63 bits per heavy atom. The molecule has 0 atom stereocenters. The summed E-state index contributed by atoms with van der Waals surface area (Å²) in [5, 5.41) is 5.10. The van der Waals surface area contributed by atoms with Gasteiger partial charge in [0.1, 0.15) is 12.1 Å². The number of halogens is 2. The first-order chi connectivity index (χ1) is 9.25. The summed E-state index contributed by atoms with van der Waals surface area (Å²) in [6, 6.07) is 13.2. The lowest BCUT2D eigenvalue weighted by atomic mass is 10.2. The standard InChI is InChI=1S/C14H9Cl2N3/c15-10-5-3-7-12(13(10)16)19-14-9-4-1-2-6-11(9)17-8-18-14/h1-8H,(H,17,18,19). The summed E-state index contributed by atoms with van der Waals surface area (Å²) in [5.41, 5.74) is 1.59. The molecular formula is C14H9Cl2N3. The van der Waals surface area contributed by atoms with Gasteiger partial charge in [-0.2, -0.15) is 0 Å². The first kappa shape index (κ1) is 12.2. The number of nitrogens with one attached hydrogen (secondary N) is 1. The number of hydrogen-bond donors (Lipinski definition) is 1. The molecule has 0 amide bonds. The average molecular weight is 290 g/mol. The lowest BCUT2D eigenvalue weighted by Gasteiger charge is -2.10. The van der Waals surface area contributed by atoms with Crippen molar-refractivity contribution in [2.24, 2.45) is 0 Å². The van der Waals surface area contributed by atoms with Gasteiger partial charge in [0.15, 0.2) is 0 Å². The van der Waals surface area contributed by atoms with Crippen molar-refractivity contribution in [3.63, 3.8) is 0 Å². The highest BCUT2D eigenvalue weighted by Gasteiger charge is 2.07. The van der Waals surface area contributed by atoms with Gasteiger partial charge in [0.25, 0.3) is 0 Å². The van der Waals surface area contributed by atoms with Crippen molar-refractivity contribution < 1.29 is 0 Å². The first-order valence-electron chi connectivity index (χ1n) is 5.66. The van der Waals surface area contributed by atoms with Crippen LogP contribution in [0.15, 0.2) is 48.8 Å². The third-order valence-corrected chi connectivity index (χ3v) is 3.57. The molecule has 0 bridgehead atoms. The van der Waals surface area contributed by atoms with Gasteiger partial charge in [0, 0.05) is 5.39 Å². The zero-order valence-corrected chi connectivity index (χ0v) is 11.3. The third-order valence-electron chi connectivity index (χ3n) is 2.75. The van der Waals surface area contributed by atoms with Crippen molar-refractivity contribution in [2.45, 2.75) is 0 Å². The van der Waals surface area contributed by atoms with Crippen LogP contribution in [0.1, 0.15) is 0 Å². The Balaban J connectivity index is 2.09. The quantitative estimate of drug-likeness (QED) is 0.744. The summed E-state index contributed by atoms with van der Waals surface area (Å²) in [4.78, 5) is 8.46. The summed E-state index contributed by atoms with van der Waals surface area (Å²) < 4.78 is 0. The second-order valence-corrected chi connectivity index (χ2v) is 4.75. The van der Waals surface area contributed by atoms with E-state index in [-0.39, 0.29) is 0 Å². The lowest BCUT2D eigenvalue weighted by Crippen LogP contribution is -1.96. The first-order valence-corrected chi connectivity index (χ1v) is 6.42. The van der Waals surface area contributed by atoms with Crippen LogP contribution >= 0.6 is 23.2 Å². The van der Waals surface area contributed by atoms with Gasteiger partial charge in [0.05, 0.1) is 21.2 Å². The summed E-state index contributed by atoms with van der Waals surface area (Å²) >= 11 is 12.2. The zero-order chi connectivity index (χ0) is 13.2. The van der Waals surface area contributed by atoms with Crippen molar-refractivity contribution >= 4 is 45.6 Å². The second-order valence-electron chi connectivity index (χ2n) is 3.97. The van der Waals surface area contributed by atoms with E-state index in [1.165, 1.54) is 6.33 Å². The maximum Gasteiger partial charge on any atom is 0.141 e. The largest absolute Gasteiger partial charge is 0.338 e. The molecule has 3 nitrogen and oxygen atoms in total. The van der Waals surface area contributed by atoms with Gasteiger partial charge >= 0.3 is 0 Å². The maximum absolute atomic E-state index is 6.16. The number of rotatable bonds is 2. The van der Waals surface area contributed by atoms with Crippen molar-refractivity contribution in [3.05, 3.63) is 58.8 Å². The van der Waals surface area contributed by atoms with E-state index < -0.39 is 0 Å². The van der Waals surface area contributed by atoms with Crippen molar-refractivity contribution in [2.75, 3.05) is 5.32 Å². The van der Waals surface area contributed by atoms with Crippen molar-refractivity contribution in [3.8, 4) is 0 Å². The molecular weight excluding hydrogens is 281 g/mol. The van der Waals surface area contributed by atoms with Gasteiger partial charge in [-0.1, -0.05) is 41.4 Å². The maximum atomic E-state index is 6.16. The van der Waals surface area contributed by atoms with Crippen LogP contribution in [0, 0.1) is 0 Å². The van der Waals surface area contributed by atoms with E-state index in [0.29, 0.717) is 15.9 Å². The van der Waals surface area contributed by atoms with Gasteiger partial charge in [0.2, 0.25) is 0 Å². The molecule has 0 aliphatic rings. The van der Waals surface area contributed by atoms with E-state index in [1.54, 1.807) is 6.07 Å². The molecule has 3 rings (SSSR count). The molecule has 0 aliphatic carbocycles. The molecule has 94 valence electrons. The van der Waals surface area contributed by atoms with Gasteiger partial charge in [-0.3, -0.25) is 0 Å². The minimum absolute atomic E-state index is 0.479. The molecule has 1 aromatic heterocycles. The predicted octanol–water partition coefficient (Wildman–Crippen LogP) is 4.68. The number of hydrogen-bond acceptors (Lipinski definition) is 3. The fraction of sp³-hybridized carbons (Fsp3) is 0. The fourth-order valence-corrected chi connectivity index (χ4v) is 2.18. The Kier molecular flexibility index (Phi) is 3.23. The van der Waals surface area contributed by atoms with Gasteiger partial charge in [-0.15, -0.1) is 0 Å². The van der Waals surface area contributed by atoms with Crippen LogP contribution in [0.25, 0.3) is 10.9 Å². The Morgan fingerprint density at radius 1 is 0.895 bits per heavy atom. The van der Waals surface area contributed by atoms with E-state index >= 15 is 0 Å².